The van der Waals surface area contributed by atoms with Crippen LogP contribution in [0.1, 0.15) is 0 Å². The number of aromatic nitrogens is 1. The van der Waals surface area contributed by atoms with E-state index < -0.39 is 0 Å². The van der Waals surface area contributed by atoms with Gasteiger partial charge in [-0.1, -0.05) is 158 Å². The average Bonchev–Trinajstić information content (AvgIpc) is 3.87. The molecule has 1 heterocycles. The van der Waals surface area contributed by atoms with Gasteiger partial charge in [0.05, 0.1) is 11.0 Å². The summed E-state index contributed by atoms with van der Waals surface area (Å²) in [6, 6.07) is 85.1. The molecule has 0 aliphatic heterocycles. The van der Waals surface area contributed by atoms with Gasteiger partial charge in [0.15, 0.2) is 0 Å². The molecule has 1 aliphatic rings. The Labute approximate surface area is 370 Å². The molecule has 12 aromatic carbocycles. The van der Waals surface area contributed by atoms with Gasteiger partial charge in [-0.3, -0.25) is 0 Å². The van der Waals surface area contributed by atoms with Crippen LogP contribution in [0.25, 0.3) is 115 Å². The molecule has 2 heteroatoms. The lowest BCUT2D eigenvalue weighted by molar-refractivity contribution is 1.18. The van der Waals surface area contributed by atoms with Gasteiger partial charge >= 0.3 is 0 Å². The Balaban J connectivity index is 0.958. The highest BCUT2D eigenvalue weighted by Crippen LogP contribution is 2.50. The number of benzene rings is 12. The highest BCUT2D eigenvalue weighted by Gasteiger charge is 2.24. The van der Waals surface area contributed by atoms with Crippen LogP contribution in [0.4, 0.5) is 17.1 Å². The normalized spacial score (nSPS) is 12.1. The number of rotatable bonds is 6. The zero-order chi connectivity index (χ0) is 41.9. The number of nitrogens with zero attached hydrogens (tertiary/aromatic N) is 2. The fourth-order valence-electron chi connectivity index (χ4n) is 11.0. The summed E-state index contributed by atoms with van der Waals surface area (Å²) in [4.78, 5) is 2.32. The van der Waals surface area contributed by atoms with E-state index in [-0.39, 0.29) is 0 Å². The summed E-state index contributed by atoms with van der Waals surface area (Å²) in [7, 11) is 0. The Hall–Kier alpha value is -8.46. The first-order chi connectivity index (χ1) is 31.7. The van der Waals surface area contributed by atoms with Gasteiger partial charge in [-0.2, -0.15) is 0 Å². The van der Waals surface area contributed by atoms with E-state index in [1.807, 2.05) is 0 Å². The maximum Gasteiger partial charge on any atom is 0.0553 e. The molecule has 64 heavy (non-hydrogen) atoms. The lowest BCUT2D eigenvalue weighted by Crippen LogP contribution is -2.09. The first-order valence-electron chi connectivity index (χ1n) is 22.2. The van der Waals surface area contributed by atoms with E-state index in [0.717, 1.165) is 22.7 Å². The van der Waals surface area contributed by atoms with Crippen LogP contribution in [-0.4, -0.2) is 4.57 Å². The fourth-order valence-corrected chi connectivity index (χ4v) is 11.0. The first kappa shape index (κ1) is 35.2. The molecular formula is C62H38N2. The molecular weight excluding hydrogens is 773 g/mol. The molecule has 0 fully saturated rings. The van der Waals surface area contributed by atoms with Crippen molar-refractivity contribution in [2.45, 2.75) is 0 Å². The maximum atomic E-state index is 2.46. The van der Waals surface area contributed by atoms with Crippen molar-refractivity contribution in [2.24, 2.45) is 0 Å². The third-order valence-electron chi connectivity index (χ3n) is 13.8. The minimum absolute atomic E-state index is 1.12. The van der Waals surface area contributed by atoms with E-state index in [9.17, 15) is 0 Å². The first-order valence-corrected chi connectivity index (χ1v) is 22.2. The van der Waals surface area contributed by atoms with E-state index >= 15 is 0 Å². The third kappa shape index (κ3) is 5.08. The Bertz CT molecular complexity index is 3930. The zero-order valence-corrected chi connectivity index (χ0v) is 34.8. The van der Waals surface area contributed by atoms with Gasteiger partial charge in [-0.15, -0.1) is 0 Å². The van der Waals surface area contributed by atoms with Crippen LogP contribution in [0.5, 0.6) is 0 Å². The predicted octanol–water partition coefficient (Wildman–Crippen LogP) is 17.3. The van der Waals surface area contributed by atoms with Gasteiger partial charge < -0.3 is 9.47 Å². The monoisotopic (exact) mass is 810 g/mol. The smallest absolute Gasteiger partial charge is 0.0553 e. The van der Waals surface area contributed by atoms with Crippen molar-refractivity contribution in [1.82, 2.24) is 4.57 Å². The highest BCUT2D eigenvalue weighted by molar-refractivity contribution is 6.34. The topological polar surface area (TPSA) is 8.17 Å². The summed E-state index contributed by atoms with van der Waals surface area (Å²) >= 11 is 0. The Morgan fingerprint density at radius 1 is 0.266 bits per heavy atom. The van der Waals surface area contributed by atoms with Crippen molar-refractivity contribution in [3.05, 3.63) is 231 Å². The summed E-state index contributed by atoms with van der Waals surface area (Å²) in [5.41, 5.74) is 17.2. The van der Waals surface area contributed by atoms with Crippen molar-refractivity contribution in [3.63, 3.8) is 0 Å². The van der Waals surface area contributed by atoms with E-state index in [2.05, 4.69) is 240 Å². The number of fused-ring (bicyclic) bond motifs is 7. The highest BCUT2D eigenvalue weighted by atomic mass is 15.1. The Morgan fingerprint density at radius 3 is 1.58 bits per heavy atom. The molecule has 0 saturated carbocycles. The molecule has 0 atom stereocenters. The summed E-state index contributed by atoms with van der Waals surface area (Å²) in [6.07, 6.45) is 0. The van der Waals surface area contributed by atoms with Crippen molar-refractivity contribution in [3.8, 4) is 50.2 Å². The van der Waals surface area contributed by atoms with Gasteiger partial charge in [-0.25, -0.2) is 0 Å². The van der Waals surface area contributed by atoms with Crippen LogP contribution in [-0.2, 0) is 0 Å². The second-order valence-corrected chi connectivity index (χ2v) is 17.2. The summed E-state index contributed by atoms with van der Waals surface area (Å²) in [6.45, 7) is 0. The van der Waals surface area contributed by atoms with Gasteiger partial charge in [-0.05, 0) is 160 Å². The molecule has 2 nitrogen and oxygen atoms in total. The van der Waals surface area contributed by atoms with Crippen LogP contribution in [0.15, 0.2) is 231 Å². The largest absolute Gasteiger partial charge is 0.311 e. The quantitative estimate of drug-likeness (QED) is 0.152. The molecule has 0 bridgehead atoms. The van der Waals surface area contributed by atoms with Crippen molar-refractivity contribution in [2.75, 3.05) is 4.90 Å². The van der Waals surface area contributed by atoms with E-state index in [0.29, 0.717) is 0 Å². The molecule has 0 saturated heterocycles. The minimum atomic E-state index is 1.12. The van der Waals surface area contributed by atoms with Gasteiger partial charge in [0, 0.05) is 33.5 Å². The van der Waals surface area contributed by atoms with E-state index in [1.165, 1.54) is 109 Å². The van der Waals surface area contributed by atoms with Crippen molar-refractivity contribution < 1.29 is 0 Å². The van der Waals surface area contributed by atoms with Crippen LogP contribution in [0.2, 0.25) is 0 Å². The SMILES string of the molecule is c1ccc(N(c2ccccc2)c2ccc(-c3ccc4ccc5c6c(ccc3c46)cc3c5c4cc(-c5ccc6c(c5)-c5cccc7cccc-6c57)ccc4n3-c3ccccc3)cc2)cc1. The van der Waals surface area contributed by atoms with Crippen molar-refractivity contribution in [1.29, 1.82) is 0 Å². The van der Waals surface area contributed by atoms with Crippen LogP contribution in [0, 0.1) is 0 Å². The molecule has 0 amide bonds. The molecule has 1 aliphatic carbocycles. The van der Waals surface area contributed by atoms with Gasteiger partial charge in [0.2, 0.25) is 0 Å². The molecule has 1 aromatic heterocycles. The van der Waals surface area contributed by atoms with Crippen molar-refractivity contribution >= 4 is 82.0 Å². The van der Waals surface area contributed by atoms with E-state index in [1.54, 1.807) is 0 Å². The molecule has 0 spiro atoms. The number of para-hydroxylation sites is 3. The summed E-state index contributed by atoms with van der Waals surface area (Å²) < 4.78 is 2.46. The number of hydrogen-bond donors (Lipinski definition) is 0. The van der Waals surface area contributed by atoms with Crippen LogP contribution < -0.4 is 4.90 Å². The Morgan fingerprint density at radius 2 is 0.828 bits per heavy atom. The molecule has 296 valence electrons. The van der Waals surface area contributed by atoms with Gasteiger partial charge in [0.1, 0.15) is 0 Å². The maximum absolute atomic E-state index is 2.46. The third-order valence-corrected chi connectivity index (χ3v) is 13.8. The lowest BCUT2D eigenvalue weighted by Gasteiger charge is -2.25. The van der Waals surface area contributed by atoms with Crippen LogP contribution in [0.3, 0.4) is 0 Å². The van der Waals surface area contributed by atoms with Gasteiger partial charge in [0.25, 0.3) is 0 Å². The minimum Gasteiger partial charge on any atom is -0.311 e. The number of anilines is 3. The Kier molecular flexibility index (Phi) is 7.43. The second kappa shape index (κ2) is 13.5. The average molecular weight is 811 g/mol. The molecule has 0 N–H and O–H groups in total. The molecule has 13 aromatic rings. The number of hydrogen-bond acceptors (Lipinski definition) is 1. The summed E-state index contributed by atoms with van der Waals surface area (Å²) in [5, 5.41) is 12.9. The second-order valence-electron chi connectivity index (χ2n) is 17.2. The fraction of sp³-hybridized carbons (Fsp3) is 0. The molecule has 14 rings (SSSR count). The summed E-state index contributed by atoms with van der Waals surface area (Å²) in [5.74, 6) is 0. The lowest BCUT2D eigenvalue weighted by atomic mass is 9.88. The molecule has 0 radical (unpaired) electrons. The van der Waals surface area contributed by atoms with Crippen LogP contribution >= 0.6 is 0 Å². The van der Waals surface area contributed by atoms with E-state index in [4.69, 9.17) is 0 Å². The standard InChI is InChI=1S/C62H38N2/c1-4-14-45(15-5-1)63(46-16-6-2-7-17-46)48-29-22-39(23-30-48)49-31-24-41-25-34-54-61-44(27-33-53(49)60(41)61)38-58-62(54)56-37-43(28-35-57(56)64(58)47-18-8-3-9-19-47)42-26-32-50-51-20-10-12-40-13-11-21-52(59(40)51)55(50)36-42/h1-38H. The zero-order valence-electron chi connectivity index (χ0n) is 34.8. The molecule has 0 unspecified atom stereocenters. The predicted molar refractivity (Wildman–Crippen MR) is 272 cm³/mol.